The lowest BCUT2D eigenvalue weighted by Crippen LogP contribution is -2.47. The number of benzene rings is 1. The Balaban J connectivity index is 1.65. The Labute approximate surface area is 233 Å². The number of fused-ring (bicyclic) bond motifs is 1. The highest BCUT2D eigenvalue weighted by atomic mass is 19.4. The lowest BCUT2D eigenvalue weighted by molar-refractivity contribution is -0.153. The first-order valence-electron chi connectivity index (χ1n) is 13.0. The van der Waals surface area contributed by atoms with Gasteiger partial charge < -0.3 is 35.3 Å². The molecular weight excluding hydrogens is 545 g/mol. The third kappa shape index (κ3) is 7.06. The van der Waals surface area contributed by atoms with E-state index in [4.69, 9.17) is 9.84 Å². The Kier molecular flexibility index (Phi) is 9.01. The zero-order valence-electron chi connectivity index (χ0n) is 22.5. The Hall–Kier alpha value is -4.33. The summed E-state index contributed by atoms with van der Waals surface area (Å²) in [6.45, 7) is 0.196. The van der Waals surface area contributed by atoms with Crippen molar-refractivity contribution in [2.45, 2.75) is 38.4 Å². The number of carbonyl (C=O) groups excluding carboxylic acids is 3. The monoisotopic (exact) mass is 576 g/mol. The molecule has 3 heterocycles. The van der Waals surface area contributed by atoms with Crippen molar-refractivity contribution in [3.8, 4) is 5.75 Å². The second-order valence-electron chi connectivity index (χ2n) is 9.58. The van der Waals surface area contributed by atoms with Crippen LogP contribution in [0.25, 0.3) is 11.0 Å². The van der Waals surface area contributed by atoms with Gasteiger partial charge >= 0.3 is 12.2 Å². The number of carbonyl (C=O) groups is 3. The number of amides is 4. The normalized spacial score (nSPS) is 14.1. The van der Waals surface area contributed by atoms with Gasteiger partial charge in [0.15, 0.2) is 18.1 Å². The number of nitrogens with one attached hydrogen (secondary N) is 3. The van der Waals surface area contributed by atoms with Crippen LogP contribution in [0.3, 0.4) is 0 Å². The molecule has 0 unspecified atom stereocenters. The average molecular weight is 577 g/mol. The molecule has 0 aliphatic carbocycles. The third-order valence-corrected chi connectivity index (χ3v) is 6.72. The number of aliphatic hydroxyl groups excluding tert-OH is 1. The predicted octanol–water partition coefficient (Wildman–Crippen LogP) is 3.43. The van der Waals surface area contributed by atoms with E-state index in [1.54, 1.807) is 37.3 Å². The molecule has 0 bridgehead atoms. The number of pyridine rings is 1. The molecule has 4 N–H and O–H groups in total. The van der Waals surface area contributed by atoms with Crippen molar-refractivity contribution in [3.63, 3.8) is 0 Å². The second kappa shape index (κ2) is 12.5. The zero-order chi connectivity index (χ0) is 29.7. The van der Waals surface area contributed by atoms with Crippen LogP contribution >= 0.6 is 0 Å². The summed E-state index contributed by atoms with van der Waals surface area (Å²) < 4.78 is 46.1. The van der Waals surface area contributed by atoms with E-state index in [0.29, 0.717) is 43.7 Å². The number of aryl methyl sites for hydroxylation is 2. The molecule has 0 atom stereocenters. The third-order valence-electron chi connectivity index (χ3n) is 6.72. The lowest BCUT2D eigenvalue weighted by Gasteiger charge is -2.32. The van der Waals surface area contributed by atoms with E-state index in [9.17, 15) is 27.6 Å². The van der Waals surface area contributed by atoms with Gasteiger partial charge in [-0.2, -0.15) is 13.2 Å². The fourth-order valence-corrected chi connectivity index (χ4v) is 4.72. The van der Waals surface area contributed by atoms with Crippen molar-refractivity contribution in [2.24, 2.45) is 7.05 Å². The van der Waals surface area contributed by atoms with Crippen LogP contribution in [0.1, 0.15) is 35.9 Å². The first-order valence-corrected chi connectivity index (χ1v) is 13.0. The van der Waals surface area contributed by atoms with Gasteiger partial charge in [0.05, 0.1) is 16.8 Å². The van der Waals surface area contributed by atoms with Gasteiger partial charge in [0, 0.05) is 31.9 Å². The molecule has 0 spiro atoms. The van der Waals surface area contributed by atoms with Gasteiger partial charge in [-0.1, -0.05) is 25.1 Å². The van der Waals surface area contributed by atoms with Crippen LogP contribution in [0.2, 0.25) is 0 Å². The number of rotatable bonds is 8. The van der Waals surface area contributed by atoms with E-state index < -0.39 is 37.2 Å². The number of piperidine rings is 1. The predicted molar refractivity (Wildman–Crippen MR) is 145 cm³/mol. The molecule has 41 heavy (non-hydrogen) atoms. The minimum absolute atomic E-state index is 0.123. The van der Waals surface area contributed by atoms with Crippen molar-refractivity contribution in [1.82, 2.24) is 19.8 Å². The maximum atomic E-state index is 13.4. The summed E-state index contributed by atoms with van der Waals surface area (Å²) in [5.74, 6) is -1.39. The van der Waals surface area contributed by atoms with Gasteiger partial charge in [0.2, 0.25) is 5.91 Å². The molecule has 0 radical (unpaired) electrons. The standard InChI is InChI=1S/C27H31F3N6O5/c1-3-19-20(34-26(40)32-16-7-5-4-6-8-16)13-18-23(41-15-27(28,29)30)22(35(2)24(18)33-19)25(39)31-17-9-11-36(12-10-17)21(38)14-37/h4-8,13,17,37H,3,9-12,14-15H2,1-2H3,(H,31,39)(H2,32,34,40). The van der Waals surface area contributed by atoms with E-state index in [0.717, 1.165) is 0 Å². The first kappa shape index (κ1) is 29.6. The summed E-state index contributed by atoms with van der Waals surface area (Å²) in [6, 6.07) is 9.21. The average Bonchev–Trinajstić information content (AvgIpc) is 3.21. The number of ether oxygens (including phenoxy) is 1. The van der Waals surface area contributed by atoms with Crippen molar-refractivity contribution in [2.75, 3.05) is 36.9 Å². The molecule has 1 fully saturated rings. The van der Waals surface area contributed by atoms with Crippen molar-refractivity contribution in [3.05, 3.63) is 47.8 Å². The van der Waals surface area contributed by atoms with E-state index >= 15 is 0 Å². The Bertz CT molecular complexity index is 1420. The molecule has 4 amide bonds. The molecule has 14 heteroatoms. The molecule has 4 rings (SSSR count). The van der Waals surface area contributed by atoms with Crippen molar-refractivity contribution in [1.29, 1.82) is 0 Å². The highest BCUT2D eigenvalue weighted by Crippen LogP contribution is 2.36. The Morgan fingerprint density at radius 3 is 2.41 bits per heavy atom. The number of halogens is 3. The number of anilines is 2. The van der Waals surface area contributed by atoms with Crippen molar-refractivity contribution < 1.29 is 37.4 Å². The Morgan fingerprint density at radius 1 is 1.12 bits per heavy atom. The molecule has 1 aliphatic rings. The molecule has 1 saturated heterocycles. The van der Waals surface area contributed by atoms with Crippen LogP contribution in [-0.2, 0) is 18.3 Å². The molecule has 1 aromatic carbocycles. The lowest BCUT2D eigenvalue weighted by atomic mass is 10.0. The molecule has 3 aromatic rings. The van der Waals surface area contributed by atoms with Crippen LogP contribution in [0.5, 0.6) is 5.75 Å². The summed E-state index contributed by atoms with van der Waals surface area (Å²) in [6.07, 6.45) is -3.48. The van der Waals surface area contributed by atoms with E-state index in [-0.39, 0.29) is 34.2 Å². The quantitative estimate of drug-likeness (QED) is 0.324. The minimum Gasteiger partial charge on any atom is -0.481 e. The zero-order valence-corrected chi connectivity index (χ0v) is 22.5. The maximum Gasteiger partial charge on any atom is 0.422 e. The summed E-state index contributed by atoms with van der Waals surface area (Å²) >= 11 is 0. The van der Waals surface area contributed by atoms with Gasteiger partial charge in [-0.25, -0.2) is 9.78 Å². The van der Waals surface area contributed by atoms with Crippen LogP contribution in [-0.4, -0.2) is 75.9 Å². The van der Waals surface area contributed by atoms with Gasteiger partial charge in [0.1, 0.15) is 12.3 Å². The summed E-state index contributed by atoms with van der Waals surface area (Å²) in [5, 5.41) is 17.4. The maximum absolute atomic E-state index is 13.4. The second-order valence-corrected chi connectivity index (χ2v) is 9.58. The van der Waals surface area contributed by atoms with Gasteiger partial charge in [-0.15, -0.1) is 0 Å². The number of nitrogens with zero attached hydrogens (tertiary/aromatic N) is 3. The van der Waals surface area contributed by atoms with Crippen LogP contribution in [0.4, 0.5) is 29.3 Å². The SMILES string of the molecule is CCc1nc2c(cc1NC(=O)Nc1ccccc1)c(OCC(F)(F)F)c(C(=O)NC1CCN(C(=O)CO)CC1)n2C. The number of alkyl halides is 3. The molecule has 1 aliphatic heterocycles. The van der Waals surface area contributed by atoms with Gasteiger partial charge in [-0.05, 0) is 37.5 Å². The number of aromatic nitrogens is 2. The summed E-state index contributed by atoms with van der Waals surface area (Å²) in [7, 11) is 1.50. The molecule has 2 aromatic heterocycles. The molecular formula is C27H31F3N6O5. The van der Waals surface area contributed by atoms with Crippen molar-refractivity contribution >= 4 is 40.3 Å². The number of para-hydroxylation sites is 1. The fraction of sp³-hybridized carbons (Fsp3) is 0.407. The highest BCUT2D eigenvalue weighted by molar-refractivity contribution is 6.06. The minimum atomic E-state index is -4.67. The smallest absolute Gasteiger partial charge is 0.422 e. The molecule has 0 saturated carbocycles. The number of aliphatic hydroxyl groups is 1. The largest absolute Gasteiger partial charge is 0.481 e. The number of hydrogen-bond donors (Lipinski definition) is 4. The number of likely N-dealkylation sites (tertiary alicyclic amines) is 1. The topological polar surface area (TPSA) is 138 Å². The summed E-state index contributed by atoms with van der Waals surface area (Å²) in [5.41, 5.74) is 1.30. The molecule has 11 nitrogen and oxygen atoms in total. The van der Waals surface area contributed by atoms with Crippen LogP contribution in [0.15, 0.2) is 36.4 Å². The van der Waals surface area contributed by atoms with Gasteiger partial charge in [0.25, 0.3) is 5.91 Å². The van der Waals surface area contributed by atoms with Gasteiger partial charge in [-0.3, -0.25) is 9.59 Å². The number of urea groups is 1. The van der Waals surface area contributed by atoms with Crippen LogP contribution < -0.4 is 20.7 Å². The Morgan fingerprint density at radius 2 is 1.80 bits per heavy atom. The highest BCUT2D eigenvalue weighted by Gasteiger charge is 2.33. The number of hydrogen-bond acceptors (Lipinski definition) is 6. The van der Waals surface area contributed by atoms with E-state index in [1.165, 1.54) is 22.6 Å². The van der Waals surface area contributed by atoms with Crippen LogP contribution in [0, 0.1) is 0 Å². The summed E-state index contributed by atoms with van der Waals surface area (Å²) in [4.78, 5) is 43.9. The first-order chi connectivity index (χ1) is 19.5. The van der Waals surface area contributed by atoms with E-state index in [1.807, 2.05) is 0 Å². The van der Waals surface area contributed by atoms with E-state index in [2.05, 4.69) is 20.9 Å². The fourth-order valence-electron chi connectivity index (χ4n) is 4.72. The molecule has 220 valence electrons.